The van der Waals surface area contributed by atoms with Gasteiger partial charge in [0.05, 0.1) is 39.6 Å². The smallest absolute Gasteiger partial charge is 0.325 e. The standard InChI is InChI=1S/C21H30N6O9/c1-19(2-29-11-25(19)10-28-1)7-34-16-22-17(35-8-20-3-30-12-26(20)13-31-4-20)24-18(23-16)36-9-21-5-32-14-27(21)15-33-6-21/h1-15H2. The van der Waals surface area contributed by atoms with Gasteiger partial charge in [-0.25, -0.2) is 14.7 Å². The van der Waals surface area contributed by atoms with Gasteiger partial charge in [0.15, 0.2) is 0 Å². The summed E-state index contributed by atoms with van der Waals surface area (Å²) in [6.07, 6.45) is 0. The van der Waals surface area contributed by atoms with E-state index in [2.05, 4.69) is 29.7 Å². The SMILES string of the molecule is C1OCC2(COc3nc(OCC45COCN4COC5)nc(OCC45COCN4COC5)n3)COCN12. The van der Waals surface area contributed by atoms with E-state index in [1.54, 1.807) is 0 Å². The minimum absolute atomic E-state index is 0.113. The molecule has 6 saturated heterocycles. The average molecular weight is 511 g/mol. The second-order valence-electron chi connectivity index (χ2n) is 10.2. The first kappa shape index (κ1) is 23.2. The molecular weight excluding hydrogens is 480 g/mol. The molecule has 0 atom stereocenters. The molecule has 0 aromatic carbocycles. The maximum absolute atomic E-state index is 6.05. The van der Waals surface area contributed by atoms with Crippen LogP contribution in [0.5, 0.6) is 18.0 Å². The Morgan fingerprint density at radius 3 is 0.972 bits per heavy atom. The molecule has 0 radical (unpaired) electrons. The molecule has 36 heavy (non-hydrogen) atoms. The lowest BCUT2D eigenvalue weighted by atomic mass is 10.0. The third-order valence-electron chi connectivity index (χ3n) is 7.70. The Morgan fingerprint density at radius 1 is 0.472 bits per heavy atom. The molecule has 15 nitrogen and oxygen atoms in total. The lowest BCUT2D eigenvalue weighted by Crippen LogP contribution is -2.49. The monoisotopic (exact) mass is 510 g/mol. The van der Waals surface area contributed by atoms with Gasteiger partial charge in [0, 0.05) is 0 Å². The molecule has 7 rings (SSSR count). The molecule has 0 spiro atoms. The van der Waals surface area contributed by atoms with Crippen LogP contribution in [0.2, 0.25) is 0 Å². The van der Waals surface area contributed by atoms with Crippen LogP contribution in [0.4, 0.5) is 0 Å². The average Bonchev–Trinajstić information content (AvgIpc) is 3.67. The highest BCUT2D eigenvalue weighted by Crippen LogP contribution is 2.32. The Balaban J connectivity index is 1.08. The Morgan fingerprint density at radius 2 is 0.722 bits per heavy atom. The van der Waals surface area contributed by atoms with Crippen LogP contribution in [0.1, 0.15) is 0 Å². The molecule has 0 bridgehead atoms. The van der Waals surface area contributed by atoms with E-state index in [1.165, 1.54) is 0 Å². The highest BCUT2D eigenvalue weighted by Gasteiger charge is 2.50. The molecule has 15 heteroatoms. The lowest BCUT2D eigenvalue weighted by Gasteiger charge is -2.28. The van der Waals surface area contributed by atoms with E-state index < -0.39 is 0 Å². The van der Waals surface area contributed by atoms with E-state index in [0.717, 1.165) is 0 Å². The van der Waals surface area contributed by atoms with Crippen LogP contribution in [0.15, 0.2) is 0 Å². The van der Waals surface area contributed by atoms with Crippen LogP contribution >= 0.6 is 0 Å². The molecular formula is C21H30N6O9. The largest absolute Gasteiger partial charge is 0.461 e. The zero-order valence-electron chi connectivity index (χ0n) is 20.0. The molecule has 1 aromatic rings. The van der Waals surface area contributed by atoms with Crippen molar-refractivity contribution in [2.75, 3.05) is 99.8 Å². The van der Waals surface area contributed by atoms with Gasteiger partial charge in [0.1, 0.15) is 76.8 Å². The topological polar surface area (TPSA) is 131 Å². The van der Waals surface area contributed by atoms with E-state index in [4.69, 9.17) is 42.6 Å². The number of nitrogens with zero attached hydrogens (tertiary/aromatic N) is 6. The number of rotatable bonds is 9. The van der Waals surface area contributed by atoms with E-state index in [0.29, 0.717) is 99.8 Å². The highest BCUT2D eigenvalue weighted by molar-refractivity contribution is 5.12. The molecule has 6 aliphatic rings. The Hall–Kier alpha value is -1.95. The molecule has 6 aliphatic heterocycles. The van der Waals surface area contributed by atoms with Gasteiger partial charge in [-0.1, -0.05) is 0 Å². The summed E-state index contributed by atoms with van der Waals surface area (Å²) in [6.45, 7) is 7.05. The first-order valence-corrected chi connectivity index (χ1v) is 12.0. The van der Waals surface area contributed by atoms with Crippen molar-refractivity contribution >= 4 is 0 Å². The second-order valence-corrected chi connectivity index (χ2v) is 10.2. The summed E-state index contributed by atoms with van der Waals surface area (Å²) >= 11 is 0. The maximum atomic E-state index is 6.05. The van der Waals surface area contributed by atoms with Crippen molar-refractivity contribution in [3.63, 3.8) is 0 Å². The van der Waals surface area contributed by atoms with Crippen LogP contribution in [0, 0.1) is 0 Å². The van der Waals surface area contributed by atoms with E-state index in [-0.39, 0.29) is 34.6 Å². The quantitative estimate of drug-likeness (QED) is 0.364. The van der Waals surface area contributed by atoms with Crippen molar-refractivity contribution in [1.29, 1.82) is 0 Å². The van der Waals surface area contributed by atoms with E-state index in [9.17, 15) is 0 Å². The normalized spacial score (nSPS) is 28.3. The first-order chi connectivity index (χ1) is 17.7. The van der Waals surface area contributed by atoms with Gasteiger partial charge in [-0.2, -0.15) is 0 Å². The van der Waals surface area contributed by atoms with Crippen LogP contribution in [-0.4, -0.2) is 146 Å². The third-order valence-corrected chi connectivity index (χ3v) is 7.70. The summed E-state index contributed by atoms with van der Waals surface area (Å²) in [5.41, 5.74) is -1.09. The molecule has 0 saturated carbocycles. The van der Waals surface area contributed by atoms with Crippen molar-refractivity contribution in [1.82, 2.24) is 29.7 Å². The fourth-order valence-corrected chi connectivity index (χ4v) is 5.32. The van der Waals surface area contributed by atoms with Gasteiger partial charge in [0.25, 0.3) is 0 Å². The van der Waals surface area contributed by atoms with Crippen molar-refractivity contribution < 1.29 is 42.6 Å². The molecule has 7 heterocycles. The molecule has 0 unspecified atom stereocenters. The molecule has 0 amide bonds. The summed E-state index contributed by atoms with van der Waals surface area (Å²) in [6, 6.07) is 0.340. The molecule has 6 fully saturated rings. The van der Waals surface area contributed by atoms with Gasteiger partial charge in [-0.15, -0.1) is 15.0 Å². The van der Waals surface area contributed by atoms with Gasteiger partial charge >= 0.3 is 18.0 Å². The van der Waals surface area contributed by atoms with Gasteiger partial charge < -0.3 is 42.6 Å². The molecule has 198 valence electrons. The third kappa shape index (κ3) is 3.99. The minimum Gasteiger partial charge on any atom is -0.461 e. The lowest BCUT2D eigenvalue weighted by molar-refractivity contribution is 0.0692. The van der Waals surface area contributed by atoms with Gasteiger partial charge in [-0.3, -0.25) is 0 Å². The van der Waals surface area contributed by atoms with Crippen molar-refractivity contribution in [2.24, 2.45) is 0 Å². The summed E-state index contributed by atoms with van der Waals surface area (Å²) in [4.78, 5) is 19.6. The number of aromatic nitrogens is 3. The number of hydrogen-bond acceptors (Lipinski definition) is 15. The van der Waals surface area contributed by atoms with E-state index in [1.807, 2.05) is 0 Å². The number of fused-ring (bicyclic) bond motifs is 3. The predicted molar refractivity (Wildman–Crippen MR) is 115 cm³/mol. The zero-order chi connectivity index (χ0) is 24.1. The molecule has 1 aromatic heterocycles. The number of ether oxygens (including phenoxy) is 9. The fraction of sp³-hybridized carbons (Fsp3) is 0.857. The first-order valence-electron chi connectivity index (χ1n) is 12.0. The van der Waals surface area contributed by atoms with Crippen LogP contribution in [0.25, 0.3) is 0 Å². The van der Waals surface area contributed by atoms with Crippen molar-refractivity contribution in [2.45, 2.75) is 16.6 Å². The summed E-state index contributed by atoms with van der Waals surface area (Å²) in [5.74, 6) is 0. The zero-order valence-corrected chi connectivity index (χ0v) is 20.0. The summed E-state index contributed by atoms with van der Waals surface area (Å²) < 4.78 is 51.9. The van der Waals surface area contributed by atoms with Crippen molar-refractivity contribution in [3.05, 3.63) is 0 Å². The Labute approximate surface area is 207 Å². The summed E-state index contributed by atoms with van der Waals surface area (Å²) in [7, 11) is 0. The Kier molecular flexibility index (Phi) is 5.87. The van der Waals surface area contributed by atoms with Gasteiger partial charge in [-0.05, 0) is 0 Å². The predicted octanol–water partition coefficient (Wildman–Crippen LogP) is -1.94. The highest BCUT2D eigenvalue weighted by atomic mass is 16.6. The molecule has 0 N–H and O–H groups in total. The number of hydrogen-bond donors (Lipinski definition) is 0. The molecule has 0 aliphatic carbocycles. The van der Waals surface area contributed by atoms with Crippen LogP contribution in [-0.2, 0) is 28.4 Å². The van der Waals surface area contributed by atoms with Crippen molar-refractivity contribution in [3.8, 4) is 18.0 Å². The second kappa shape index (κ2) is 9.11. The van der Waals surface area contributed by atoms with Crippen LogP contribution in [0.3, 0.4) is 0 Å². The van der Waals surface area contributed by atoms with Crippen LogP contribution < -0.4 is 14.2 Å². The summed E-state index contributed by atoms with van der Waals surface area (Å²) in [5, 5.41) is 0. The Bertz CT molecular complexity index is 810. The van der Waals surface area contributed by atoms with Gasteiger partial charge in [0.2, 0.25) is 0 Å². The van der Waals surface area contributed by atoms with E-state index >= 15 is 0 Å². The minimum atomic E-state index is -0.363. The maximum Gasteiger partial charge on any atom is 0.325 e. The fourth-order valence-electron chi connectivity index (χ4n) is 5.32.